The van der Waals surface area contributed by atoms with E-state index >= 15 is 0 Å². The first kappa shape index (κ1) is 10.9. The second-order valence-corrected chi connectivity index (χ2v) is 4.41. The second-order valence-electron chi connectivity index (χ2n) is 4.41. The Morgan fingerprint density at radius 1 is 1.53 bits per heavy atom. The summed E-state index contributed by atoms with van der Waals surface area (Å²) in [7, 11) is 0. The highest BCUT2D eigenvalue weighted by Gasteiger charge is 2.48. The molecule has 0 aliphatic carbocycles. The molecule has 3 unspecified atom stereocenters. The lowest BCUT2D eigenvalue weighted by Gasteiger charge is -2.22. The molecule has 3 atom stereocenters. The standard InChI is InChI=1S/C11H19NO3/c1-2-15-6-5-12-8-3-4-10(12)9(7-8)11(13)14/h8-10H,2-7H2,1H3,(H,13,14). The van der Waals surface area contributed by atoms with Crippen LogP contribution in [0.4, 0.5) is 0 Å². The molecule has 0 aromatic heterocycles. The molecule has 0 amide bonds. The Bertz CT molecular complexity index is 244. The molecular weight excluding hydrogens is 194 g/mol. The predicted octanol–water partition coefficient (Wildman–Crippen LogP) is 0.960. The Labute approximate surface area is 90.2 Å². The molecule has 0 saturated carbocycles. The van der Waals surface area contributed by atoms with Crippen molar-refractivity contribution in [3.8, 4) is 0 Å². The van der Waals surface area contributed by atoms with Crippen LogP contribution in [-0.2, 0) is 9.53 Å². The van der Waals surface area contributed by atoms with Gasteiger partial charge in [-0.2, -0.15) is 0 Å². The third-order valence-corrected chi connectivity index (χ3v) is 3.70. The Hall–Kier alpha value is -0.610. The Balaban J connectivity index is 1.89. The topological polar surface area (TPSA) is 49.8 Å². The van der Waals surface area contributed by atoms with Crippen LogP contribution in [0.3, 0.4) is 0 Å². The minimum Gasteiger partial charge on any atom is -0.481 e. The van der Waals surface area contributed by atoms with Gasteiger partial charge in [0.25, 0.3) is 0 Å². The van der Waals surface area contributed by atoms with E-state index in [0.717, 1.165) is 32.6 Å². The van der Waals surface area contributed by atoms with E-state index < -0.39 is 5.97 Å². The number of hydrogen-bond donors (Lipinski definition) is 1. The number of carbonyl (C=O) groups is 1. The van der Waals surface area contributed by atoms with Crippen molar-refractivity contribution < 1.29 is 14.6 Å². The zero-order valence-corrected chi connectivity index (χ0v) is 9.19. The molecule has 2 fully saturated rings. The van der Waals surface area contributed by atoms with Gasteiger partial charge in [-0.25, -0.2) is 0 Å². The SMILES string of the molecule is CCOCCN1C2CCC1C(C(=O)O)C2. The molecule has 2 aliphatic heterocycles. The van der Waals surface area contributed by atoms with Crippen LogP contribution in [-0.4, -0.2) is 47.8 Å². The first-order chi connectivity index (χ1) is 7.24. The second kappa shape index (κ2) is 4.49. The van der Waals surface area contributed by atoms with Crippen LogP contribution in [0, 0.1) is 5.92 Å². The molecule has 2 bridgehead atoms. The van der Waals surface area contributed by atoms with Crippen molar-refractivity contribution in [1.29, 1.82) is 0 Å². The van der Waals surface area contributed by atoms with Crippen molar-refractivity contribution >= 4 is 5.97 Å². The summed E-state index contributed by atoms with van der Waals surface area (Å²) in [6.45, 7) is 4.35. The molecule has 0 radical (unpaired) electrons. The molecule has 4 nitrogen and oxygen atoms in total. The van der Waals surface area contributed by atoms with E-state index in [1.807, 2.05) is 6.92 Å². The highest BCUT2D eigenvalue weighted by atomic mass is 16.5. The number of carboxylic acids is 1. The summed E-state index contributed by atoms with van der Waals surface area (Å²) >= 11 is 0. The van der Waals surface area contributed by atoms with Gasteiger partial charge in [0.05, 0.1) is 12.5 Å². The van der Waals surface area contributed by atoms with Gasteiger partial charge >= 0.3 is 5.97 Å². The van der Waals surface area contributed by atoms with Gasteiger partial charge in [-0.3, -0.25) is 9.69 Å². The summed E-state index contributed by atoms with van der Waals surface area (Å²) in [6, 6.07) is 0.768. The van der Waals surface area contributed by atoms with Gasteiger partial charge < -0.3 is 9.84 Å². The van der Waals surface area contributed by atoms with E-state index in [2.05, 4.69) is 4.90 Å². The summed E-state index contributed by atoms with van der Waals surface area (Å²) in [4.78, 5) is 13.4. The van der Waals surface area contributed by atoms with E-state index in [-0.39, 0.29) is 12.0 Å². The van der Waals surface area contributed by atoms with E-state index in [0.29, 0.717) is 6.04 Å². The van der Waals surface area contributed by atoms with Crippen molar-refractivity contribution in [1.82, 2.24) is 4.90 Å². The number of rotatable bonds is 5. The highest BCUT2D eigenvalue weighted by Crippen LogP contribution is 2.41. The number of ether oxygens (including phenoxy) is 1. The Morgan fingerprint density at radius 3 is 2.93 bits per heavy atom. The molecule has 0 aromatic rings. The summed E-state index contributed by atoms with van der Waals surface area (Å²) in [5.41, 5.74) is 0. The van der Waals surface area contributed by atoms with Crippen LogP contribution in [0.1, 0.15) is 26.2 Å². The van der Waals surface area contributed by atoms with Gasteiger partial charge in [0, 0.05) is 25.2 Å². The van der Waals surface area contributed by atoms with Crippen molar-refractivity contribution in [2.45, 2.75) is 38.3 Å². The van der Waals surface area contributed by atoms with Crippen molar-refractivity contribution in [2.24, 2.45) is 5.92 Å². The van der Waals surface area contributed by atoms with Gasteiger partial charge in [0.15, 0.2) is 0 Å². The minimum atomic E-state index is -0.622. The monoisotopic (exact) mass is 213 g/mol. The third kappa shape index (κ3) is 2.01. The molecule has 0 aromatic carbocycles. The first-order valence-corrected chi connectivity index (χ1v) is 5.80. The number of aliphatic carboxylic acids is 1. The predicted molar refractivity (Wildman–Crippen MR) is 55.8 cm³/mol. The lowest BCUT2D eigenvalue weighted by molar-refractivity contribution is -0.142. The summed E-state index contributed by atoms with van der Waals surface area (Å²) < 4.78 is 5.33. The fourth-order valence-electron chi connectivity index (χ4n) is 3.03. The van der Waals surface area contributed by atoms with Crippen molar-refractivity contribution in [3.05, 3.63) is 0 Å². The molecule has 86 valence electrons. The average molecular weight is 213 g/mol. The summed E-state index contributed by atoms with van der Waals surface area (Å²) in [5.74, 6) is -0.756. The minimum absolute atomic E-state index is 0.134. The Kier molecular flexibility index (Phi) is 3.26. The smallest absolute Gasteiger partial charge is 0.308 e. The number of nitrogens with zero attached hydrogens (tertiary/aromatic N) is 1. The van der Waals surface area contributed by atoms with Crippen LogP contribution in [0.5, 0.6) is 0 Å². The van der Waals surface area contributed by atoms with Crippen LogP contribution in [0.2, 0.25) is 0 Å². The number of carboxylic acid groups (broad SMARTS) is 1. The molecule has 2 aliphatic rings. The maximum atomic E-state index is 11.0. The summed E-state index contributed by atoms with van der Waals surface area (Å²) in [6.07, 6.45) is 3.06. The Morgan fingerprint density at radius 2 is 2.33 bits per heavy atom. The van der Waals surface area contributed by atoms with E-state index in [1.165, 1.54) is 6.42 Å². The first-order valence-electron chi connectivity index (χ1n) is 5.80. The summed E-state index contributed by atoms with van der Waals surface area (Å²) in [5, 5.41) is 9.07. The zero-order valence-electron chi connectivity index (χ0n) is 9.19. The van der Waals surface area contributed by atoms with Crippen molar-refractivity contribution in [2.75, 3.05) is 19.8 Å². The van der Waals surface area contributed by atoms with Gasteiger partial charge in [0.2, 0.25) is 0 Å². The molecule has 2 rings (SSSR count). The van der Waals surface area contributed by atoms with E-state index in [9.17, 15) is 4.79 Å². The van der Waals surface area contributed by atoms with Gasteiger partial charge in [0.1, 0.15) is 0 Å². The van der Waals surface area contributed by atoms with Crippen LogP contribution >= 0.6 is 0 Å². The molecule has 2 heterocycles. The molecular formula is C11H19NO3. The molecule has 0 spiro atoms. The molecule has 4 heteroatoms. The zero-order chi connectivity index (χ0) is 10.8. The van der Waals surface area contributed by atoms with Crippen molar-refractivity contribution in [3.63, 3.8) is 0 Å². The fourth-order valence-corrected chi connectivity index (χ4v) is 3.03. The van der Waals surface area contributed by atoms with Crippen LogP contribution < -0.4 is 0 Å². The van der Waals surface area contributed by atoms with Gasteiger partial charge in [-0.05, 0) is 26.2 Å². The van der Waals surface area contributed by atoms with Gasteiger partial charge in [-0.1, -0.05) is 0 Å². The lowest BCUT2D eigenvalue weighted by Crippen LogP contribution is -2.35. The highest BCUT2D eigenvalue weighted by molar-refractivity contribution is 5.71. The maximum Gasteiger partial charge on any atom is 0.308 e. The van der Waals surface area contributed by atoms with E-state index in [1.54, 1.807) is 0 Å². The average Bonchev–Trinajstić information content (AvgIpc) is 2.75. The fraction of sp³-hybridized carbons (Fsp3) is 0.909. The molecule has 2 saturated heterocycles. The van der Waals surface area contributed by atoms with Crippen LogP contribution in [0.25, 0.3) is 0 Å². The largest absolute Gasteiger partial charge is 0.481 e. The lowest BCUT2D eigenvalue weighted by atomic mass is 9.89. The maximum absolute atomic E-state index is 11.0. The number of hydrogen-bond acceptors (Lipinski definition) is 3. The third-order valence-electron chi connectivity index (χ3n) is 3.70. The van der Waals surface area contributed by atoms with Crippen LogP contribution in [0.15, 0.2) is 0 Å². The quantitative estimate of drug-likeness (QED) is 0.691. The van der Waals surface area contributed by atoms with E-state index in [4.69, 9.17) is 9.84 Å². The number of fused-ring (bicyclic) bond motifs is 2. The van der Waals surface area contributed by atoms with Gasteiger partial charge in [-0.15, -0.1) is 0 Å². The normalized spacial score (nSPS) is 34.9. The molecule has 15 heavy (non-hydrogen) atoms. The molecule has 1 N–H and O–H groups in total.